The van der Waals surface area contributed by atoms with E-state index in [-0.39, 0.29) is 23.1 Å². The first-order valence-electron chi connectivity index (χ1n) is 7.52. The lowest BCUT2D eigenvalue weighted by Gasteiger charge is -2.13. The fourth-order valence-corrected chi connectivity index (χ4v) is 3.41. The Hall–Kier alpha value is -2.61. The van der Waals surface area contributed by atoms with Gasteiger partial charge >= 0.3 is 10.1 Å². The van der Waals surface area contributed by atoms with Gasteiger partial charge in [-0.1, -0.05) is 19.9 Å². The van der Waals surface area contributed by atoms with E-state index in [1.807, 2.05) is 26.8 Å². The Kier molecular flexibility index (Phi) is 5.32. The van der Waals surface area contributed by atoms with Crippen LogP contribution in [0, 0.1) is 17.0 Å². The Bertz CT molecular complexity index is 905. The molecule has 0 aromatic heterocycles. The van der Waals surface area contributed by atoms with E-state index in [0.29, 0.717) is 0 Å². The first kappa shape index (κ1) is 18.7. The second-order valence-corrected chi connectivity index (χ2v) is 7.38. The van der Waals surface area contributed by atoms with Gasteiger partial charge in [0.1, 0.15) is 11.5 Å². The van der Waals surface area contributed by atoms with Crippen molar-refractivity contribution in [1.29, 1.82) is 0 Å². The minimum absolute atomic E-state index is 0.0256. The maximum absolute atomic E-state index is 12.6. The number of rotatable bonds is 6. The molecule has 0 radical (unpaired) electrons. The molecule has 0 fully saturated rings. The van der Waals surface area contributed by atoms with Crippen LogP contribution in [0.2, 0.25) is 0 Å². The van der Waals surface area contributed by atoms with Gasteiger partial charge in [-0.2, -0.15) is 8.42 Å². The molecule has 0 atom stereocenters. The highest BCUT2D eigenvalue weighted by Gasteiger charge is 2.25. The molecule has 0 bridgehead atoms. The zero-order valence-corrected chi connectivity index (χ0v) is 15.2. The molecule has 0 amide bonds. The van der Waals surface area contributed by atoms with Crippen LogP contribution in [0.3, 0.4) is 0 Å². The number of aryl methyl sites for hydroxylation is 1. The normalized spacial score (nSPS) is 11.4. The third-order valence-corrected chi connectivity index (χ3v) is 4.84. The molecule has 134 valence electrons. The Morgan fingerprint density at radius 2 is 1.80 bits per heavy atom. The SMILES string of the molecule is COc1ccc([N+](=O)[O-])cc1S(=O)(=O)Oc1cc(C)cc(C(C)C)c1. The summed E-state index contributed by atoms with van der Waals surface area (Å²) in [4.78, 5) is 9.86. The number of ether oxygens (including phenoxy) is 1. The summed E-state index contributed by atoms with van der Waals surface area (Å²) in [5, 5.41) is 10.9. The molecule has 0 aliphatic carbocycles. The van der Waals surface area contributed by atoms with Crippen LogP contribution in [0.5, 0.6) is 11.5 Å². The van der Waals surface area contributed by atoms with Gasteiger partial charge in [-0.3, -0.25) is 10.1 Å². The Labute approximate surface area is 146 Å². The molecule has 0 heterocycles. The van der Waals surface area contributed by atoms with Crippen LogP contribution in [-0.2, 0) is 10.1 Å². The Morgan fingerprint density at radius 1 is 1.12 bits per heavy atom. The predicted molar refractivity (Wildman–Crippen MR) is 92.7 cm³/mol. The zero-order valence-electron chi connectivity index (χ0n) is 14.3. The molecule has 0 saturated heterocycles. The van der Waals surface area contributed by atoms with Crippen molar-refractivity contribution in [3.05, 3.63) is 57.6 Å². The molecule has 0 saturated carbocycles. The van der Waals surface area contributed by atoms with Gasteiger partial charge in [-0.15, -0.1) is 0 Å². The van der Waals surface area contributed by atoms with E-state index in [4.69, 9.17) is 8.92 Å². The smallest absolute Gasteiger partial charge is 0.343 e. The monoisotopic (exact) mass is 365 g/mol. The molecule has 2 aromatic rings. The molecule has 0 N–H and O–H groups in total. The summed E-state index contributed by atoms with van der Waals surface area (Å²) in [6.45, 7) is 5.80. The van der Waals surface area contributed by atoms with Crippen LogP contribution >= 0.6 is 0 Å². The van der Waals surface area contributed by atoms with Crippen molar-refractivity contribution in [2.75, 3.05) is 7.11 Å². The zero-order chi connectivity index (χ0) is 18.8. The fraction of sp³-hybridized carbons (Fsp3) is 0.294. The summed E-state index contributed by atoms with van der Waals surface area (Å²) in [7, 11) is -3.02. The second-order valence-electron chi connectivity index (χ2n) is 5.86. The highest BCUT2D eigenvalue weighted by atomic mass is 32.2. The third kappa shape index (κ3) is 4.27. The van der Waals surface area contributed by atoms with E-state index in [2.05, 4.69) is 0 Å². The van der Waals surface area contributed by atoms with Crippen molar-refractivity contribution in [3.63, 3.8) is 0 Å². The highest BCUT2D eigenvalue weighted by molar-refractivity contribution is 7.87. The van der Waals surface area contributed by atoms with Crippen LogP contribution in [0.25, 0.3) is 0 Å². The van der Waals surface area contributed by atoms with Gasteiger partial charge in [0.2, 0.25) is 0 Å². The van der Waals surface area contributed by atoms with Crippen molar-refractivity contribution in [2.45, 2.75) is 31.6 Å². The van der Waals surface area contributed by atoms with Crippen LogP contribution in [0.1, 0.15) is 30.9 Å². The largest absolute Gasteiger partial charge is 0.495 e. The maximum atomic E-state index is 12.6. The lowest BCUT2D eigenvalue weighted by molar-refractivity contribution is -0.385. The number of nitrogens with zero attached hydrogens (tertiary/aromatic N) is 1. The van der Waals surface area contributed by atoms with Gasteiger partial charge in [-0.05, 0) is 42.2 Å². The molecule has 25 heavy (non-hydrogen) atoms. The molecule has 7 nitrogen and oxygen atoms in total. The summed E-state index contributed by atoms with van der Waals surface area (Å²) in [5.41, 5.74) is 1.41. The molecule has 0 aliphatic heterocycles. The number of nitro groups is 1. The molecule has 2 aromatic carbocycles. The van der Waals surface area contributed by atoms with Crippen molar-refractivity contribution in [3.8, 4) is 11.5 Å². The van der Waals surface area contributed by atoms with E-state index >= 15 is 0 Å². The van der Waals surface area contributed by atoms with Gasteiger partial charge in [0.05, 0.1) is 12.0 Å². The first-order chi connectivity index (χ1) is 11.6. The van der Waals surface area contributed by atoms with E-state index in [9.17, 15) is 18.5 Å². The number of hydrogen-bond acceptors (Lipinski definition) is 6. The third-order valence-electron chi connectivity index (χ3n) is 3.57. The Balaban J connectivity index is 2.49. The molecular weight excluding hydrogens is 346 g/mol. The summed E-state index contributed by atoms with van der Waals surface area (Å²) in [6, 6.07) is 8.49. The minimum Gasteiger partial charge on any atom is -0.495 e. The number of benzene rings is 2. The van der Waals surface area contributed by atoms with Gasteiger partial charge in [0.25, 0.3) is 5.69 Å². The van der Waals surface area contributed by atoms with Gasteiger partial charge in [0, 0.05) is 12.1 Å². The minimum atomic E-state index is -4.30. The van der Waals surface area contributed by atoms with Crippen molar-refractivity contribution < 1.29 is 22.3 Å². The van der Waals surface area contributed by atoms with E-state index in [0.717, 1.165) is 17.2 Å². The summed E-state index contributed by atoms with van der Waals surface area (Å²) in [6.07, 6.45) is 0. The second kappa shape index (κ2) is 7.10. The van der Waals surface area contributed by atoms with Crippen molar-refractivity contribution in [1.82, 2.24) is 0 Å². The lowest BCUT2D eigenvalue weighted by Crippen LogP contribution is -2.12. The molecule has 8 heteroatoms. The predicted octanol–water partition coefficient (Wildman–Crippen LogP) is 3.80. The lowest BCUT2D eigenvalue weighted by atomic mass is 10.0. The van der Waals surface area contributed by atoms with Crippen LogP contribution in [0.4, 0.5) is 5.69 Å². The molecule has 0 spiro atoms. The summed E-state index contributed by atoms with van der Waals surface area (Å²) >= 11 is 0. The molecule has 0 aliphatic rings. The average Bonchev–Trinajstić information content (AvgIpc) is 2.53. The van der Waals surface area contributed by atoms with Gasteiger partial charge < -0.3 is 8.92 Å². The standard InChI is InChI=1S/C17H19NO6S/c1-11(2)13-7-12(3)8-15(9-13)24-25(21,22)17-10-14(18(19)20)5-6-16(17)23-4/h5-11H,1-4H3. The van der Waals surface area contributed by atoms with Crippen LogP contribution in [-0.4, -0.2) is 20.5 Å². The van der Waals surface area contributed by atoms with Crippen LogP contribution < -0.4 is 8.92 Å². The maximum Gasteiger partial charge on any atom is 0.343 e. The van der Waals surface area contributed by atoms with Crippen molar-refractivity contribution >= 4 is 15.8 Å². The van der Waals surface area contributed by atoms with Gasteiger partial charge in [-0.25, -0.2) is 0 Å². The van der Waals surface area contributed by atoms with E-state index < -0.39 is 19.9 Å². The first-order valence-corrected chi connectivity index (χ1v) is 8.93. The Morgan fingerprint density at radius 3 is 2.36 bits per heavy atom. The molecular formula is C17H19NO6S. The fourth-order valence-electron chi connectivity index (χ4n) is 2.30. The van der Waals surface area contributed by atoms with Crippen LogP contribution in [0.15, 0.2) is 41.3 Å². The summed E-state index contributed by atoms with van der Waals surface area (Å²) < 4.78 is 35.5. The van der Waals surface area contributed by atoms with Crippen molar-refractivity contribution in [2.24, 2.45) is 0 Å². The number of non-ortho nitro benzene ring substituents is 1. The van der Waals surface area contributed by atoms with E-state index in [1.54, 1.807) is 12.1 Å². The number of nitro benzene ring substituents is 1. The molecule has 0 unspecified atom stereocenters. The topological polar surface area (TPSA) is 95.7 Å². The quantitative estimate of drug-likeness (QED) is 0.439. The molecule has 2 rings (SSSR count). The number of methoxy groups -OCH3 is 1. The number of hydrogen-bond donors (Lipinski definition) is 0. The van der Waals surface area contributed by atoms with E-state index in [1.165, 1.54) is 19.2 Å². The van der Waals surface area contributed by atoms with Gasteiger partial charge in [0.15, 0.2) is 4.90 Å². The average molecular weight is 365 g/mol. The highest BCUT2D eigenvalue weighted by Crippen LogP contribution is 2.31. The summed E-state index contributed by atoms with van der Waals surface area (Å²) in [5.74, 6) is 0.317.